The van der Waals surface area contributed by atoms with Gasteiger partial charge in [0.05, 0.1) is 6.20 Å². The van der Waals surface area contributed by atoms with Gasteiger partial charge in [0.15, 0.2) is 11.7 Å². The topological polar surface area (TPSA) is 38.1 Å². The molecule has 0 unspecified atom stereocenters. The van der Waals surface area contributed by atoms with Crippen LogP contribution < -0.4 is 5.32 Å². The Morgan fingerprint density at radius 1 is 1.25 bits per heavy atom. The minimum atomic E-state index is 0.695. The Bertz CT molecular complexity index is 520. The van der Waals surface area contributed by atoms with Gasteiger partial charge in [-0.15, -0.1) is 0 Å². The molecule has 2 aromatic rings. The molecule has 2 rings (SSSR count). The lowest BCUT2D eigenvalue weighted by Gasteiger charge is -2.05. The van der Waals surface area contributed by atoms with Gasteiger partial charge in [0.2, 0.25) is 0 Å². The number of aromatic nitrogens is 1. The fourth-order valence-electron chi connectivity index (χ4n) is 1.93. The van der Waals surface area contributed by atoms with Crippen molar-refractivity contribution < 1.29 is 4.42 Å². The van der Waals surface area contributed by atoms with E-state index in [4.69, 9.17) is 4.42 Å². The first kappa shape index (κ1) is 15.3. The van der Waals surface area contributed by atoms with Crippen molar-refractivity contribution in [3.8, 4) is 11.3 Å². The van der Waals surface area contributed by atoms with Crippen LogP contribution in [-0.4, -0.2) is 18.1 Å². The van der Waals surface area contributed by atoms with Gasteiger partial charge < -0.3 is 9.73 Å². The molecule has 1 heterocycles. The molecule has 0 radical (unpaired) electrons. The number of aryl methyl sites for hydroxylation is 1. The molecule has 0 aliphatic carbocycles. The number of halogens is 1. The number of hydrogen-bond donors (Lipinski definition) is 1. The summed E-state index contributed by atoms with van der Waals surface area (Å²) >= 11 is 3.43. The van der Waals surface area contributed by atoms with Crippen molar-refractivity contribution in [3.05, 3.63) is 40.8 Å². The zero-order valence-electron chi connectivity index (χ0n) is 12.0. The van der Waals surface area contributed by atoms with Gasteiger partial charge in [0.25, 0.3) is 0 Å². The van der Waals surface area contributed by atoms with Crippen LogP contribution in [-0.2, 0) is 6.42 Å². The highest BCUT2D eigenvalue weighted by Gasteiger charge is 2.06. The second-order valence-corrected chi connectivity index (χ2v) is 6.24. The third kappa shape index (κ3) is 4.76. The maximum atomic E-state index is 5.78. The first-order valence-corrected chi connectivity index (χ1v) is 7.86. The Morgan fingerprint density at radius 3 is 2.70 bits per heavy atom. The average Bonchev–Trinajstić information content (AvgIpc) is 2.87. The number of nitrogens with one attached hydrogen (secondary N) is 1. The Hall–Kier alpha value is -1.13. The summed E-state index contributed by atoms with van der Waals surface area (Å²) in [4.78, 5) is 4.34. The molecule has 0 amide bonds. The van der Waals surface area contributed by atoms with Gasteiger partial charge in [-0.25, -0.2) is 4.98 Å². The first-order valence-electron chi connectivity index (χ1n) is 7.06. The van der Waals surface area contributed by atoms with Crippen LogP contribution in [0.1, 0.15) is 26.2 Å². The van der Waals surface area contributed by atoms with E-state index < -0.39 is 0 Å². The highest BCUT2D eigenvalue weighted by atomic mass is 79.9. The van der Waals surface area contributed by atoms with Gasteiger partial charge in [-0.05, 0) is 37.6 Å². The highest BCUT2D eigenvalue weighted by Crippen LogP contribution is 2.22. The third-order valence-electron chi connectivity index (χ3n) is 2.98. The molecule has 1 N–H and O–H groups in total. The number of nitrogens with zero attached hydrogens (tertiary/aromatic N) is 1. The molecular formula is C16H21BrN2O. The lowest BCUT2D eigenvalue weighted by molar-refractivity contribution is 0.483. The molecule has 0 bridgehead atoms. The fraction of sp³-hybridized carbons (Fsp3) is 0.438. The fourth-order valence-corrected chi connectivity index (χ4v) is 2.19. The maximum Gasteiger partial charge on any atom is 0.194 e. The molecular weight excluding hydrogens is 316 g/mol. The number of hydrogen-bond acceptors (Lipinski definition) is 3. The molecule has 1 aromatic carbocycles. The van der Waals surface area contributed by atoms with E-state index in [1.54, 1.807) is 6.20 Å². The van der Waals surface area contributed by atoms with E-state index in [2.05, 4.69) is 40.1 Å². The molecule has 4 heteroatoms. The van der Waals surface area contributed by atoms with Gasteiger partial charge in [0, 0.05) is 16.5 Å². The molecule has 0 atom stereocenters. The van der Waals surface area contributed by atoms with E-state index in [1.807, 2.05) is 24.3 Å². The molecule has 0 aliphatic rings. The van der Waals surface area contributed by atoms with Crippen molar-refractivity contribution in [2.75, 3.05) is 13.1 Å². The van der Waals surface area contributed by atoms with Gasteiger partial charge >= 0.3 is 0 Å². The van der Waals surface area contributed by atoms with Gasteiger partial charge in [-0.1, -0.05) is 41.9 Å². The molecule has 0 fully saturated rings. The number of rotatable bonds is 7. The minimum Gasteiger partial charge on any atom is -0.441 e. The summed E-state index contributed by atoms with van der Waals surface area (Å²) in [5, 5.41) is 3.43. The van der Waals surface area contributed by atoms with Gasteiger partial charge in [0.1, 0.15) is 0 Å². The largest absolute Gasteiger partial charge is 0.441 e. The maximum absolute atomic E-state index is 5.78. The minimum absolute atomic E-state index is 0.695. The second-order valence-electron chi connectivity index (χ2n) is 5.33. The molecule has 20 heavy (non-hydrogen) atoms. The lowest BCUT2D eigenvalue weighted by Crippen LogP contribution is -2.21. The summed E-state index contributed by atoms with van der Waals surface area (Å²) in [6.07, 6.45) is 3.73. The Balaban J connectivity index is 1.82. The van der Waals surface area contributed by atoms with Crippen molar-refractivity contribution in [1.29, 1.82) is 0 Å². The Labute approximate surface area is 128 Å². The molecule has 0 aliphatic heterocycles. The monoisotopic (exact) mass is 336 g/mol. The van der Waals surface area contributed by atoms with E-state index in [0.29, 0.717) is 5.92 Å². The average molecular weight is 337 g/mol. The van der Waals surface area contributed by atoms with Crippen molar-refractivity contribution in [2.24, 2.45) is 5.92 Å². The lowest BCUT2D eigenvalue weighted by atomic mass is 10.2. The van der Waals surface area contributed by atoms with E-state index in [0.717, 1.165) is 47.6 Å². The van der Waals surface area contributed by atoms with Crippen LogP contribution in [0.2, 0.25) is 0 Å². The van der Waals surface area contributed by atoms with Crippen molar-refractivity contribution in [2.45, 2.75) is 26.7 Å². The predicted octanol–water partition coefficient (Wildman–Crippen LogP) is 4.28. The summed E-state index contributed by atoms with van der Waals surface area (Å²) in [5.41, 5.74) is 1.06. The summed E-state index contributed by atoms with van der Waals surface area (Å²) in [7, 11) is 0. The molecule has 108 valence electrons. The highest BCUT2D eigenvalue weighted by molar-refractivity contribution is 9.10. The first-order chi connectivity index (χ1) is 9.65. The van der Waals surface area contributed by atoms with E-state index in [-0.39, 0.29) is 0 Å². The second kappa shape index (κ2) is 7.60. The van der Waals surface area contributed by atoms with Crippen LogP contribution >= 0.6 is 15.9 Å². The summed E-state index contributed by atoms with van der Waals surface area (Å²) in [6.45, 7) is 6.50. The van der Waals surface area contributed by atoms with Gasteiger partial charge in [-0.3, -0.25) is 0 Å². The Kier molecular flexibility index (Phi) is 5.80. The van der Waals surface area contributed by atoms with E-state index in [9.17, 15) is 0 Å². The standard InChI is InChI=1S/C16H21BrN2O/c1-12(2)10-18-9-3-4-16-19-11-15(20-16)13-5-7-14(17)8-6-13/h5-8,11-12,18H,3-4,9-10H2,1-2H3. The van der Waals surface area contributed by atoms with Crippen molar-refractivity contribution in [1.82, 2.24) is 10.3 Å². The predicted molar refractivity (Wildman–Crippen MR) is 85.7 cm³/mol. The van der Waals surface area contributed by atoms with Crippen molar-refractivity contribution in [3.63, 3.8) is 0 Å². The smallest absolute Gasteiger partial charge is 0.194 e. The Morgan fingerprint density at radius 2 is 2.00 bits per heavy atom. The molecule has 0 spiro atoms. The summed E-state index contributed by atoms with van der Waals surface area (Å²) in [5.74, 6) is 2.35. The third-order valence-corrected chi connectivity index (χ3v) is 3.51. The SMILES string of the molecule is CC(C)CNCCCc1ncc(-c2ccc(Br)cc2)o1. The quantitative estimate of drug-likeness (QED) is 0.766. The summed E-state index contributed by atoms with van der Waals surface area (Å²) < 4.78 is 6.85. The summed E-state index contributed by atoms with van der Waals surface area (Å²) in [6, 6.07) is 8.07. The van der Waals surface area contributed by atoms with Crippen molar-refractivity contribution >= 4 is 15.9 Å². The van der Waals surface area contributed by atoms with Crippen LogP contribution in [0.25, 0.3) is 11.3 Å². The number of benzene rings is 1. The van der Waals surface area contributed by atoms with E-state index >= 15 is 0 Å². The molecule has 0 saturated carbocycles. The van der Waals surface area contributed by atoms with Crippen LogP contribution in [0.4, 0.5) is 0 Å². The normalized spacial score (nSPS) is 11.2. The van der Waals surface area contributed by atoms with Gasteiger partial charge in [-0.2, -0.15) is 0 Å². The molecule has 1 aromatic heterocycles. The number of oxazole rings is 1. The molecule has 0 saturated heterocycles. The van der Waals surface area contributed by atoms with Crippen LogP contribution in [0.15, 0.2) is 39.4 Å². The zero-order valence-corrected chi connectivity index (χ0v) is 13.6. The van der Waals surface area contributed by atoms with E-state index in [1.165, 1.54) is 0 Å². The zero-order chi connectivity index (χ0) is 14.4. The van der Waals surface area contributed by atoms with Crippen LogP contribution in [0.5, 0.6) is 0 Å². The van der Waals surface area contributed by atoms with Crippen LogP contribution in [0.3, 0.4) is 0 Å². The molecule has 3 nitrogen and oxygen atoms in total. The van der Waals surface area contributed by atoms with Crippen LogP contribution in [0, 0.1) is 5.92 Å².